The lowest BCUT2D eigenvalue weighted by molar-refractivity contribution is -0.320. The van der Waals surface area contributed by atoms with Crippen molar-refractivity contribution in [1.29, 1.82) is 0 Å². The van der Waals surface area contributed by atoms with Crippen molar-refractivity contribution in [2.24, 2.45) is 5.92 Å². The largest absolute Gasteiger partial charge is 0.504 e. The summed E-state index contributed by atoms with van der Waals surface area (Å²) >= 11 is 0. The zero-order valence-corrected chi connectivity index (χ0v) is 17.6. The van der Waals surface area contributed by atoms with Gasteiger partial charge in [-0.2, -0.15) is 0 Å². The SMILES string of the molecule is C[C@@H]1C[C@@H](O[C@@H]2[C@@H](O)[C@H](OCCc3ccc(O)c(O)c3)O[C@H](CO)[C@H]2O)[C@H](O)[C@H](O)[C@H]1O. The van der Waals surface area contributed by atoms with Crippen LogP contribution in [-0.4, -0.2) is 109 Å². The second kappa shape index (κ2) is 10.6. The van der Waals surface area contributed by atoms with Gasteiger partial charge in [0.15, 0.2) is 17.8 Å². The molecule has 182 valence electrons. The fourth-order valence-corrected chi connectivity index (χ4v) is 4.11. The van der Waals surface area contributed by atoms with Crippen molar-refractivity contribution >= 4 is 0 Å². The summed E-state index contributed by atoms with van der Waals surface area (Å²) in [4.78, 5) is 0. The van der Waals surface area contributed by atoms with Gasteiger partial charge in [-0.3, -0.25) is 0 Å². The second-order valence-electron chi connectivity index (χ2n) is 8.47. The van der Waals surface area contributed by atoms with Crippen LogP contribution in [-0.2, 0) is 20.6 Å². The first-order chi connectivity index (χ1) is 15.1. The Morgan fingerprint density at radius 3 is 2.31 bits per heavy atom. The fraction of sp³-hybridized carbons (Fsp3) is 0.714. The minimum absolute atomic E-state index is 0.0426. The van der Waals surface area contributed by atoms with E-state index in [4.69, 9.17) is 14.2 Å². The van der Waals surface area contributed by atoms with Crippen LogP contribution in [0.25, 0.3) is 0 Å². The van der Waals surface area contributed by atoms with Crippen LogP contribution < -0.4 is 0 Å². The summed E-state index contributed by atoms with van der Waals surface area (Å²) in [6.45, 7) is 1.14. The molecule has 11 nitrogen and oxygen atoms in total. The van der Waals surface area contributed by atoms with Crippen LogP contribution in [0.4, 0.5) is 0 Å². The van der Waals surface area contributed by atoms with E-state index in [2.05, 4.69) is 0 Å². The zero-order valence-electron chi connectivity index (χ0n) is 17.6. The van der Waals surface area contributed by atoms with E-state index in [9.17, 15) is 40.9 Å². The molecule has 10 atom stereocenters. The number of aliphatic hydroxyl groups is 6. The number of aliphatic hydroxyl groups excluding tert-OH is 6. The molecule has 1 aliphatic carbocycles. The minimum Gasteiger partial charge on any atom is -0.504 e. The van der Waals surface area contributed by atoms with E-state index < -0.39 is 67.6 Å². The molecule has 0 bridgehead atoms. The molecule has 0 spiro atoms. The maximum atomic E-state index is 10.7. The molecular weight excluding hydrogens is 428 g/mol. The summed E-state index contributed by atoms with van der Waals surface area (Å²) in [5.41, 5.74) is 0.656. The van der Waals surface area contributed by atoms with Crippen LogP contribution in [0, 0.1) is 5.92 Å². The van der Waals surface area contributed by atoms with Gasteiger partial charge in [0.25, 0.3) is 0 Å². The summed E-state index contributed by atoms with van der Waals surface area (Å²) in [5, 5.41) is 80.0. The molecule has 1 saturated carbocycles. The highest BCUT2D eigenvalue weighted by Crippen LogP contribution is 2.32. The van der Waals surface area contributed by atoms with E-state index in [0.717, 1.165) is 0 Å². The first-order valence-electron chi connectivity index (χ1n) is 10.6. The van der Waals surface area contributed by atoms with Crippen LogP contribution in [0.3, 0.4) is 0 Å². The molecule has 8 N–H and O–H groups in total. The van der Waals surface area contributed by atoms with Crippen LogP contribution >= 0.6 is 0 Å². The number of ether oxygens (including phenoxy) is 3. The molecule has 1 aliphatic heterocycles. The molecule has 3 rings (SSSR count). The monoisotopic (exact) mass is 460 g/mol. The zero-order chi connectivity index (χ0) is 23.6. The first kappa shape index (κ1) is 25.1. The van der Waals surface area contributed by atoms with Crippen LogP contribution in [0.1, 0.15) is 18.9 Å². The van der Waals surface area contributed by atoms with Crippen molar-refractivity contribution in [3.8, 4) is 11.5 Å². The Morgan fingerprint density at radius 2 is 1.66 bits per heavy atom. The molecule has 1 aromatic rings. The van der Waals surface area contributed by atoms with Gasteiger partial charge in [-0.15, -0.1) is 0 Å². The number of phenolic OH excluding ortho intramolecular Hbond substituents is 2. The fourth-order valence-electron chi connectivity index (χ4n) is 4.11. The van der Waals surface area contributed by atoms with Gasteiger partial charge < -0.3 is 55.1 Å². The topological polar surface area (TPSA) is 190 Å². The van der Waals surface area contributed by atoms with E-state index in [0.29, 0.717) is 12.0 Å². The summed E-state index contributed by atoms with van der Waals surface area (Å²) < 4.78 is 16.8. The smallest absolute Gasteiger partial charge is 0.186 e. The average Bonchev–Trinajstić information content (AvgIpc) is 2.77. The van der Waals surface area contributed by atoms with Crippen molar-refractivity contribution in [2.75, 3.05) is 13.2 Å². The molecule has 0 aromatic heterocycles. The molecule has 0 amide bonds. The van der Waals surface area contributed by atoms with Crippen LogP contribution in [0.5, 0.6) is 11.5 Å². The third kappa shape index (κ3) is 5.33. The molecule has 0 unspecified atom stereocenters. The predicted molar refractivity (Wildman–Crippen MR) is 108 cm³/mol. The van der Waals surface area contributed by atoms with E-state index in [1.807, 2.05) is 0 Å². The predicted octanol–water partition coefficient (Wildman–Crippen LogP) is -2.03. The van der Waals surface area contributed by atoms with Gasteiger partial charge in [-0.05, 0) is 36.5 Å². The molecule has 11 heteroatoms. The molecule has 1 aromatic carbocycles. The van der Waals surface area contributed by atoms with Crippen molar-refractivity contribution in [3.05, 3.63) is 23.8 Å². The second-order valence-corrected chi connectivity index (χ2v) is 8.47. The van der Waals surface area contributed by atoms with E-state index in [1.54, 1.807) is 13.0 Å². The average molecular weight is 460 g/mol. The van der Waals surface area contributed by atoms with Gasteiger partial charge in [-0.25, -0.2) is 0 Å². The maximum absolute atomic E-state index is 10.7. The highest BCUT2D eigenvalue weighted by atomic mass is 16.7. The lowest BCUT2D eigenvalue weighted by atomic mass is 9.81. The summed E-state index contributed by atoms with van der Waals surface area (Å²) in [6, 6.07) is 4.29. The van der Waals surface area contributed by atoms with Gasteiger partial charge in [0.2, 0.25) is 0 Å². The lowest BCUT2D eigenvalue weighted by Crippen LogP contribution is -2.63. The normalized spacial score (nSPS) is 40.3. The standard InChI is InChI=1S/C21H32O11/c1-9-6-13(16(26)18(28)15(9)25)31-20-17(27)14(8-22)32-21(19(20)29)30-5-4-10-2-3-11(23)12(24)7-10/h2-3,7,9,13-29H,4-6,8H2,1H3/t9-,13-,14-,15+,16+,17-,18-,19-,20+,21-/m1/s1. The highest BCUT2D eigenvalue weighted by molar-refractivity contribution is 5.40. The number of benzene rings is 1. The molecule has 1 heterocycles. The van der Waals surface area contributed by atoms with Gasteiger partial charge in [0.1, 0.15) is 36.6 Å². The summed E-state index contributed by atoms with van der Waals surface area (Å²) in [6.07, 6.45) is -11.1. The third-order valence-electron chi connectivity index (χ3n) is 6.13. The van der Waals surface area contributed by atoms with Crippen molar-refractivity contribution in [1.82, 2.24) is 0 Å². The maximum Gasteiger partial charge on any atom is 0.186 e. The van der Waals surface area contributed by atoms with E-state index in [1.165, 1.54) is 12.1 Å². The number of hydrogen-bond acceptors (Lipinski definition) is 11. The van der Waals surface area contributed by atoms with Crippen molar-refractivity contribution in [2.45, 2.75) is 74.9 Å². The highest BCUT2D eigenvalue weighted by Gasteiger charge is 2.49. The van der Waals surface area contributed by atoms with Crippen LogP contribution in [0.2, 0.25) is 0 Å². The number of phenols is 2. The Balaban J connectivity index is 1.64. The lowest BCUT2D eigenvalue weighted by Gasteiger charge is -2.46. The minimum atomic E-state index is -1.48. The van der Waals surface area contributed by atoms with E-state index in [-0.39, 0.29) is 24.5 Å². The molecule has 2 aliphatic rings. The molecule has 32 heavy (non-hydrogen) atoms. The van der Waals surface area contributed by atoms with Crippen molar-refractivity contribution in [3.63, 3.8) is 0 Å². The third-order valence-corrected chi connectivity index (χ3v) is 6.13. The Bertz CT molecular complexity index is 746. The summed E-state index contributed by atoms with van der Waals surface area (Å²) in [5.74, 6) is -0.923. The van der Waals surface area contributed by atoms with Crippen LogP contribution in [0.15, 0.2) is 18.2 Å². The van der Waals surface area contributed by atoms with Gasteiger partial charge in [0, 0.05) is 0 Å². The van der Waals surface area contributed by atoms with Crippen molar-refractivity contribution < 1.29 is 55.1 Å². The first-order valence-corrected chi connectivity index (χ1v) is 10.6. The number of aromatic hydroxyl groups is 2. The Labute approximate surface area is 185 Å². The molecule has 0 radical (unpaired) electrons. The Kier molecular flexibility index (Phi) is 8.31. The molecule has 2 fully saturated rings. The van der Waals surface area contributed by atoms with Gasteiger partial charge >= 0.3 is 0 Å². The number of rotatable bonds is 7. The molecule has 1 saturated heterocycles. The van der Waals surface area contributed by atoms with Gasteiger partial charge in [-0.1, -0.05) is 13.0 Å². The quantitative estimate of drug-likeness (QED) is 0.210. The molecular formula is C21H32O11. The Morgan fingerprint density at radius 1 is 0.938 bits per heavy atom. The number of hydrogen-bond donors (Lipinski definition) is 8. The van der Waals surface area contributed by atoms with Gasteiger partial charge in [0.05, 0.1) is 25.4 Å². The Hall–Kier alpha value is -1.54. The van der Waals surface area contributed by atoms with E-state index >= 15 is 0 Å². The summed E-state index contributed by atoms with van der Waals surface area (Å²) in [7, 11) is 0.